The molecule has 3 rings (SSSR count). The summed E-state index contributed by atoms with van der Waals surface area (Å²) in [7, 11) is 0. The molecule has 0 spiro atoms. The van der Waals surface area contributed by atoms with Gasteiger partial charge in [0.2, 0.25) is 5.89 Å². The Balaban J connectivity index is 1.48. The first-order valence-electron chi connectivity index (χ1n) is 7.16. The molecule has 0 radical (unpaired) electrons. The van der Waals surface area contributed by atoms with E-state index >= 15 is 0 Å². The predicted molar refractivity (Wildman–Crippen MR) is 73.5 cm³/mol. The van der Waals surface area contributed by atoms with Crippen LogP contribution in [0.4, 0.5) is 0 Å². The lowest BCUT2D eigenvalue weighted by Crippen LogP contribution is -2.23. The van der Waals surface area contributed by atoms with Gasteiger partial charge in [-0.25, -0.2) is 0 Å². The summed E-state index contributed by atoms with van der Waals surface area (Å²) in [5.41, 5.74) is 1.96. The summed E-state index contributed by atoms with van der Waals surface area (Å²) in [6.45, 7) is 8.78. The van der Waals surface area contributed by atoms with Gasteiger partial charge in [0.05, 0.1) is 24.9 Å². The highest BCUT2D eigenvalue weighted by Gasteiger charge is 2.25. The fraction of sp³-hybridized carbons (Fsp3) is 0.643. The third-order valence-electron chi connectivity index (χ3n) is 3.80. The summed E-state index contributed by atoms with van der Waals surface area (Å²) in [5.74, 6) is 2.18. The van der Waals surface area contributed by atoms with Gasteiger partial charge in [-0.05, 0) is 27.2 Å². The Bertz CT molecular complexity index is 588. The second-order valence-electron chi connectivity index (χ2n) is 5.49. The van der Waals surface area contributed by atoms with Crippen LogP contribution in [0.5, 0.6) is 0 Å². The first-order chi connectivity index (χ1) is 10.1. The highest BCUT2D eigenvalue weighted by molar-refractivity contribution is 5.19. The lowest BCUT2D eigenvalue weighted by Gasteiger charge is -2.14. The zero-order valence-electron chi connectivity index (χ0n) is 12.6. The Morgan fingerprint density at radius 3 is 2.76 bits per heavy atom. The second-order valence-corrected chi connectivity index (χ2v) is 5.49. The molecule has 7 nitrogen and oxygen atoms in total. The van der Waals surface area contributed by atoms with Crippen LogP contribution in [-0.4, -0.2) is 39.4 Å². The van der Waals surface area contributed by atoms with Gasteiger partial charge in [-0.15, -0.1) is 0 Å². The van der Waals surface area contributed by atoms with Crippen molar-refractivity contribution in [1.29, 1.82) is 0 Å². The van der Waals surface area contributed by atoms with Crippen molar-refractivity contribution in [2.24, 2.45) is 0 Å². The Morgan fingerprint density at radius 2 is 2.10 bits per heavy atom. The maximum absolute atomic E-state index is 5.97. The fourth-order valence-corrected chi connectivity index (χ4v) is 2.58. The molecular formula is C14H20N4O3. The number of hydrogen-bond donors (Lipinski definition) is 0. The first-order valence-corrected chi connectivity index (χ1v) is 7.16. The minimum absolute atomic E-state index is 0.225. The van der Waals surface area contributed by atoms with E-state index in [0.717, 1.165) is 36.5 Å². The Kier molecular flexibility index (Phi) is 4.03. The zero-order chi connectivity index (χ0) is 14.8. The molecule has 1 atom stereocenters. The summed E-state index contributed by atoms with van der Waals surface area (Å²) in [6.07, 6.45) is 1.24. The summed E-state index contributed by atoms with van der Waals surface area (Å²) in [6, 6.07) is 0. The zero-order valence-corrected chi connectivity index (χ0v) is 12.6. The van der Waals surface area contributed by atoms with Gasteiger partial charge in [0.15, 0.2) is 5.82 Å². The molecule has 114 valence electrons. The van der Waals surface area contributed by atoms with E-state index in [1.165, 1.54) is 0 Å². The minimum Gasteiger partial charge on any atom is -0.372 e. The summed E-state index contributed by atoms with van der Waals surface area (Å²) < 4.78 is 16.3. The van der Waals surface area contributed by atoms with Crippen LogP contribution in [0.25, 0.3) is 0 Å². The average molecular weight is 292 g/mol. The molecule has 21 heavy (non-hydrogen) atoms. The third kappa shape index (κ3) is 3.30. The van der Waals surface area contributed by atoms with Gasteiger partial charge in [-0.1, -0.05) is 10.3 Å². The lowest BCUT2D eigenvalue weighted by atomic mass is 10.2. The van der Waals surface area contributed by atoms with Gasteiger partial charge < -0.3 is 13.8 Å². The van der Waals surface area contributed by atoms with Crippen molar-refractivity contribution in [2.45, 2.75) is 46.4 Å². The van der Waals surface area contributed by atoms with Gasteiger partial charge in [0.25, 0.3) is 0 Å². The van der Waals surface area contributed by atoms with Crippen molar-refractivity contribution in [3.63, 3.8) is 0 Å². The van der Waals surface area contributed by atoms with E-state index in [1.54, 1.807) is 0 Å². The normalized spacial score (nSPS) is 19.5. The molecule has 1 aliphatic heterocycles. The second kappa shape index (κ2) is 5.95. The van der Waals surface area contributed by atoms with Gasteiger partial charge in [-0.3, -0.25) is 4.90 Å². The van der Waals surface area contributed by atoms with Gasteiger partial charge in [0, 0.05) is 18.7 Å². The molecule has 1 unspecified atom stereocenters. The molecule has 0 aliphatic carbocycles. The maximum Gasteiger partial charge on any atom is 0.240 e. The third-order valence-corrected chi connectivity index (χ3v) is 3.80. The average Bonchev–Trinajstić information content (AvgIpc) is 3.13. The van der Waals surface area contributed by atoms with E-state index in [0.29, 0.717) is 24.9 Å². The summed E-state index contributed by atoms with van der Waals surface area (Å²) in [4.78, 5) is 6.50. The highest BCUT2D eigenvalue weighted by Crippen LogP contribution is 2.19. The molecule has 3 heterocycles. The van der Waals surface area contributed by atoms with Crippen LogP contribution < -0.4 is 0 Å². The number of ether oxygens (including phenoxy) is 1. The minimum atomic E-state index is 0.225. The topological polar surface area (TPSA) is 77.4 Å². The molecule has 0 aromatic carbocycles. The maximum atomic E-state index is 5.97. The van der Waals surface area contributed by atoms with Crippen LogP contribution in [0.3, 0.4) is 0 Å². The molecule has 7 heteroatoms. The molecular weight excluding hydrogens is 272 g/mol. The molecule has 2 aromatic rings. The molecule has 0 N–H and O–H groups in total. The van der Waals surface area contributed by atoms with Crippen molar-refractivity contribution >= 4 is 0 Å². The van der Waals surface area contributed by atoms with Crippen molar-refractivity contribution in [1.82, 2.24) is 20.2 Å². The smallest absolute Gasteiger partial charge is 0.240 e. The molecule has 2 aromatic heterocycles. The molecule has 0 bridgehead atoms. The van der Waals surface area contributed by atoms with E-state index in [4.69, 9.17) is 13.8 Å². The fourth-order valence-electron chi connectivity index (χ4n) is 2.58. The quantitative estimate of drug-likeness (QED) is 0.831. The van der Waals surface area contributed by atoms with Crippen LogP contribution in [0, 0.1) is 20.8 Å². The van der Waals surface area contributed by atoms with Gasteiger partial charge in [0.1, 0.15) is 5.76 Å². The van der Waals surface area contributed by atoms with E-state index in [-0.39, 0.29) is 6.10 Å². The van der Waals surface area contributed by atoms with Crippen LogP contribution in [0.15, 0.2) is 9.05 Å². The molecule has 1 saturated heterocycles. The summed E-state index contributed by atoms with van der Waals surface area (Å²) >= 11 is 0. The van der Waals surface area contributed by atoms with E-state index in [9.17, 15) is 0 Å². The monoisotopic (exact) mass is 292 g/mol. The number of hydrogen-bond acceptors (Lipinski definition) is 7. The van der Waals surface area contributed by atoms with Crippen LogP contribution >= 0.6 is 0 Å². The van der Waals surface area contributed by atoms with Crippen molar-refractivity contribution in [3.8, 4) is 0 Å². The number of rotatable bonds is 5. The summed E-state index contributed by atoms with van der Waals surface area (Å²) in [5, 5.41) is 7.75. The number of aromatic nitrogens is 3. The van der Waals surface area contributed by atoms with Crippen molar-refractivity contribution < 1.29 is 13.8 Å². The number of aryl methyl sites for hydroxylation is 3. The van der Waals surface area contributed by atoms with Crippen LogP contribution in [-0.2, 0) is 17.9 Å². The molecule has 0 saturated carbocycles. The lowest BCUT2D eigenvalue weighted by molar-refractivity contribution is 0.0446. The van der Waals surface area contributed by atoms with Gasteiger partial charge in [-0.2, -0.15) is 4.98 Å². The molecule has 1 fully saturated rings. The highest BCUT2D eigenvalue weighted by atomic mass is 16.5. The van der Waals surface area contributed by atoms with Crippen molar-refractivity contribution in [2.75, 3.05) is 13.1 Å². The number of likely N-dealkylation sites (tertiary alicyclic amines) is 1. The SMILES string of the molecule is Cc1noc(CN2CCC(OCc3c(C)noc3C)C2)n1. The van der Waals surface area contributed by atoms with Crippen molar-refractivity contribution in [3.05, 3.63) is 28.7 Å². The Labute approximate surface area is 123 Å². The van der Waals surface area contributed by atoms with E-state index in [2.05, 4.69) is 20.2 Å². The van der Waals surface area contributed by atoms with Gasteiger partial charge >= 0.3 is 0 Å². The van der Waals surface area contributed by atoms with E-state index in [1.807, 2.05) is 20.8 Å². The first kappa shape index (κ1) is 14.2. The largest absolute Gasteiger partial charge is 0.372 e. The standard InChI is InChI=1S/C14H20N4O3/c1-9-13(10(2)20-16-9)8-19-12-4-5-18(6-12)7-14-15-11(3)17-21-14/h12H,4-8H2,1-3H3. The molecule has 1 aliphatic rings. The van der Waals surface area contributed by atoms with E-state index < -0.39 is 0 Å². The van der Waals surface area contributed by atoms with Crippen LogP contribution in [0.1, 0.15) is 35.2 Å². The van der Waals surface area contributed by atoms with Crippen LogP contribution in [0.2, 0.25) is 0 Å². The Morgan fingerprint density at radius 1 is 1.24 bits per heavy atom. The number of nitrogens with zero attached hydrogens (tertiary/aromatic N) is 4. The predicted octanol–water partition coefficient (Wildman–Crippen LogP) is 1.77. The Hall–Kier alpha value is -1.73. The molecule has 0 amide bonds.